The summed E-state index contributed by atoms with van der Waals surface area (Å²) in [6.07, 6.45) is 2.94. The van der Waals surface area contributed by atoms with Crippen LogP contribution in [-0.4, -0.2) is 28.4 Å². The molecule has 0 saturated heterocycles. The first kappa shape index (κ1) is 10.2. The van der Waals surface area contributed by atoms with E-state index in [1.807, 2.05) is 6.92 Å². The Labute approximate surface area is 77.2 Å². The van der Waals surface area contributed by atoms with Gasteiger partial charge in [-0.1, -0.05) is 6.92 Å². The highest BCUT2D eigenvalue weighted by atomic mass is 16.4. The average Bonchev–Trinajstić information content (AvgIpc) is 2.62. The summed E-state index contributed by atoms with van der Waals surface area (Å²) >= 11 is 0. The summed E-state index contributed by atoms with van der Waals surface area (Å²) in [5, 5.41) is 17.4. The van der Waals surface area contributed by atoms with Gasteiger partial charge in [-0.2, -0.15) is 0 Å². The summed E-state index contributed by atoms with van der Waals surface area (Å²) < 4.78 is 5.36. The zero-order valence-electron chi connectivity index (χ0n) is 7.73. The summed E-state index contributed by atoms with van der Waals surface area (Å²) in [5.74, 6) is 1.33. The predicted octanol–water partition coefficient (Wildman–Crippen LogP) is 0.695. The lowest BCUT2D eigenvalue weighted by Crippen LogP contribution is -1.96. The fraction of sp³-hybridized carbons (Fsp3) is 0.667. The Bertz CT molecular complexity index is 247. The molecule has 1 aromatic heterocycles. The number of hydrogen-bond acceptors (Lipinski definition) is 4. The fourth-order valence-corrected chi connectivity index (χ4v) is 0.988. The van der Waals surface area contributed by atoms with Crippen LogP contribution in [0, 0.1) is 0 Å². The lowest BCUT2D eigenvalue weighted by Gasteiger charge is -2.00. The van der Waals surface area contributed by atoms with Crippen molar-refractivity contribution in [3.05, 3.63) is 17.8 Å². The Morgan fingerprint density at radius 2 is 2.31 bits per heavy atom. The van der Waals surface area contributed by atoms with Crippen molar-refractivity contribution in [1.29, 1.82) is 0 Å². The molecule has 13 heavy (non-hydrogen) atoms. The van der Waals surface area contributed by atoms with Gasteiger partial charge in [-0.15, -0.1) is 0 Å². The Morgan fingerprint density at radius 1 is 1.54 bits per heavy atom. The molecule has 0 spiro atoms. The van der Waals surface area contributed by atoms with Crippen molar-refractivity contribution in [3.8, 4) is 0 Å². The van der Waals surface area contributed by atoms with E-state index in [9.17, 15) is 0 Å². The second-order valence-corrected chi connectivity index (χ2v) is 3.07. The first-order chi connectivity index (χ1) is 6.27. The fourth-order valence-electron chi connectivity index (χ4n) is 0.988. The molecule has 0 radical (unpaired) electrons. The number of aliphatic hydroxyl groups excluding tert-OH is 2. The minimum absolute atomic E-state index is 0.00428. The van der Waals surface area contributed by atoms with E-state index < -0.39 is 0 Å². The third-order valence-electron chi connectivity index (χ3n) is 1.88. The first-order valence-corrected chi connectivity index (χ1v) is 4.44. The molecule has 1 aromatic rings. The second kappa shape index (κ2) is 4.99. The van der Waals surface area contributed by atoms with Crippen molar-refractivity contribution in [2.24, 2.45) is 0 Å². The van der Waals surface area contributed by atoms with Crippen molar-refractivity contribution in [3.63, 3.8) is 0 Å². The average molecular weight is 185 g/mol. The quantitative estimate of drug-likeness (QED) is 0.708. The van der Waals surface area contributed by atoms with Gasteiger partial charge in [0.25, 0.3) is 0 Å². The lowest BCUT2D eigenvalue weighted by molar-refractivity contribution is 0.252. The molecule has 1 rings (SSSR count). The highest BCUT2D eigenvalue weighted by Crippen LogP contribution is 2.15. The molecular formula is C9H15NO3. The van der Waals surface area contributed by atoms with Crippen LogP contribution in [0.4, 0.5) is 0 Å². The Balaban J connectivity index is 2.53. The van der Waals surface area contributed by atoms with Gasteiger partial charge in [-0.05, 0) is 6.42 Å². The van der Waals surface area contributed by atoms with E-state index in [-0.39, 0.29) is 19.1 Å². The maximum Gasteiger partial charge on any atom is 0.194 e. The standard InChI is InChI=1S/C9H15NO3/c1-7(6-12)8-5-10-9(13-8)3-2-4-11/h5,7,11-12H,2-4,6H2,1H3. The Morgan fingerprint density at radius 3 is 2.92 bits per heavy atom. The van der Waals surface area contributed by atoms with Crippen LogP contribution in [0.25, 0.3) is 0 Å². The lowest BCUT2D eigenvalue weighted by atomic mass is 10.1. The monoisotopic (exact) mass is 185 g/mol. The molecule has 0 amide bonds. The second-order valence-electron chi connectivity index (χ2n) is 3.07. The summed E-state index contributed by atoms with van der Waals surface area (Å²) in [6.45, 7) is 2.08. The zero-order chi connectivity index (χ0) is 9.68. The minimum Gasteiger partial charge on any atom is -0.445 e. The smallest absolute Gasteiger partial charge is 0.194 e. The molecule has 1 atom stereocenters. The van der Waals surface area contributed by atoms with Crippen LogP contribution < -0.4 is 0 Å². The van der Waals surface area contributed by atoms with Gasteiger partial charge in [-0.25, -0.2) is 4.98 Å². The van der Waals surface area contributed by atoms with Crippen molar-refractivity contribution >= 4 is 0 Å². The van der Waals surface area contributed by atoms with Crippen LogP contribution in [0.3, 0.4) is 0 Å². The number of rotatable bonds is 5. The molecule has 0 bridgehead atoms. The molecule has 4 heteroatoms. The number of aliphatic hydroxyl groups is 2. The van der Waals surface area contributed by atoms with E-state index in [2.05, 4.69) is 4.98 Å². The minimum atomic E-state index is -0.00428. The molecule has 0 aliphatic heterocycles. The van der Waals surface area contributed by atoms with Gasteiger partial charge in [0.05, 0.1) is 12.8 Å². The molecule has 1 heterocycles. The van der Waals surface area contributed by atoms with Crippen LogP contribution in [0.15, 0.2) is 10.6 Å². The van der Waals surface area contributed by atoms with Gasteiger partial charge in [-0.3, -0.25) is 0 Å². The molecule has 0 aliphatic rings. The van der Waals surface area contributed by atoms with E-state index >= 15 is 0 Å². The van der Waals surface area contributed by atoms with Crippen molar-refractivity contribution in [2.45, 2.75) is 25.7 Å². The van der Waals surface area contributed by atoms with E-state index in [1.165, 1.54) is 0 Å². The molecule has 1 unspecified atom stereocenters. The first-order valence-electron chi connectivity index (χ1n) is 4.44. The molecule has 0 aliphatic carbocycles. The van der Waals surface area contributed by atoms with Gasteiger partial charge in [0, 0.05) is 18.9 Å². The van der Waals surface area contributed by atoms with Crippen molar-refractivity contribution in [1.82, 2.24) is 4.98 Å². The third-order valence-corrected chi connectivity index (χ3v) is 1.88. The molecule has 4 nitrogen and oxygen atoms in total. The van der Waals surface area contributed by atoms with Gasteiger partial charge < -0.3 is 14.6 Å². The molecule has 74 valence electrons. The third kappa shape index (κ3) is 2.82. The number of oxazole rings is 1. The van der Waals surface area contributed by atoms with E-state index in [1.54, 1.807) is 6.20 Å². The van der Waals surface area contributed by atoms with Gasteiger partial charge in [0.2, 0.25) is 0 Å². The van der Waals surface area contributed by atoms with Crippen molar-refractivity contribution < 1.29 is 14.6 Å². The number of hydrogen-bond donors (Lipinski definition) is 2. The maximum absolute atomic E-state index is 8.85. The summed E-state index contributed by atoms with van der Waals surface area (Å²) in [4.78, 5) is 4.03. The van der Waals surface area contributed by atoms with E-state index in [0.717, 1.165) is 0 Å². The molecule has 0 aromatic carbocycles. The Kier molecular flexibility index (Phi) is 3.92. The van der Waals surface area contributed by atoms with Crippen LogP contribution >= 0.6 is 0 Å². The van der Waals surface area contributed by atoms with Crippen molar-refractivity contribution in [2.75, 3.05) is 13.2 Å². The van der Waals surface area contributed by atoms with Gasteiger partial charge in [0.1, 0.15) is 5.76 Å². The highest BCUT2D eigenvalue weighted by Gasteiger charge is 2.09. The van der Waals surface area contributed by atoms with Crippen LogP contribution in [0.2, 0.25) is 0 Å². The van der Waals surface area contributed by atoms with Crippen LogP contribution in [0.5, 0.6) is 0 Å². The SMILES string of the molecule is CC(CO)c1cnc(CCCO)o1. The summed E-state index contributed by atoms with van der Waals surface area (Å²) in [5.41, 5.74) is 0. The predicted molar refractivity (Wildman–Crippen MR) is 47.4 cm³/mol. The van der Waals surface area contributed by atoms with E-state index in [4.69, 9.17) is 14.6 Å². The molecule has 0 saturated carbocycles. The maximum atomic E-state index is 8.85. The highest BCUT2D eigenvalue weighted by molar-refractivity contribution is 5.00. The van der Waals surface area contributed by atoms with Gasteiger partial charge >= 0.3 is 0 Å². The van der Waals surface area contributed by atoms with Gasteiger partial charge in [0.15, 0.2) is 5.89 Å². The largest absolute Gasteiger partial charge is 0.445 e. The number of aromatic nitrogens is 1. The molecule has 0 fully saturated rings. The van der Waals surface area contributed by atoms with Crippen LogP contribution in [0.1, 0.15) is 30.9 Å². The summed E-state index contributed by atoms with van der Waals surface area (Å²) in [6, 6.07) is 0. The molecule has 2 N–H and O–H groups in total. The van der Waals surface area contributed by atoms with E-state index in [0.29, 0.717) is 24.5 Å². The van der Waals surface area contributed by atoms with Crippen LogP contribution in [-0.2, 0) is 6.42 Å². The zero-order valence-corrected chi connectivity index (χ0v) is 7.73. The number of nitrogens with zero attached hydrogens (tertiary/aromatic N) is 1. The number of aryl methyl sites for hydroxylation is 1. The summed E-state index contributed by atoms with van der Waals surface area (Å²) in [7, 11) is 0. The normalized spacial score (nSPS) is 13.2. The molecular weight excluding hydrogens is 170 g/mol. The Hall–Kier alpha value is -0.870. The topological polar surface area (TPSA) is 66.5 Å².